The molecule has 33 heavy (non-hydrogen) atoms. The smallest absolute Gasteiger partial charge is 0.291 e. The number of rotatable bonds is 4. The number of amides is 2. The average Bonchev–Trinajstić information content (AvgIpc) is 2.98. The molecule has 2 aromatic carbocycles. The lowest BCUT2D eigenvalue weighted by molar-refractivity contribution is -0.134. The van der Waals surface area contributed by atoms with Crippen molar-refractivity contribution in [2.24, 2.45) is 0 Å². The molecule has 2 aliphatic rings. The third-order valence-electron chi connectivity index (χ3n) is 7.12. The second-order valence-electron chi connectivity index (χ2n) is 9.43. The number of nitrogens with zero attached hydrogens (tertiary/aromatic N) is 3. The van der Waals surface area contributed by atoms with Crippen molar-refractivity contribution < 1.29 is 9.59 Å². The van der Waals surface area contributed by atoms with E-state index in [0.717, 1.165) is 42.3 Å². The van der Waals surface area contributed by atoms with E-state index in [1.807, 2.05) is 60.0 Å². The molecular formula is C26H29ClN4O2. The summed E-state index contributed by atoms with van der Waals surface area (Å²) in [5.74, 6) is -0.00267. The molecule has 1 fully saturated rings. The Kier molecular flexibility index (Phi) is 5.87. The van der Waals surface area contributed by atoms with Gasteiger partial charge in [0.1, 0.15) is 5.54 Å². The van der Waals surface area contributed by atoms with E-state index in [-0.39, 0.29) is 24.4 Å². The fourth-order valence-corrected chi connectivity index (χ4v) is 5.33. The normalized spacial score (nSPS) is 21.6. The van der Waals surface area contributed by atoms with Crippen molar-refractivity contribution in [2.45, 2.75) is 70.1 Å². The molecule has 1 atom stereocenters. The van der Waals surface area contributed by atoms with Crippen LogP contribution in [0.5, 0.6) is 0 Å². The fraction of sp³-hybridized carbons (Fsp3) is 0.423. The number of imidazole rings is 1. The van der Waals surface area contributed by atoms with E-state index < -0.39 is 5.54 Å². The summed E-state index contributed by atoms with van der Waals surface area (Å²) >= 11 is 6.44. The molecule has 0 bridgehead atoms. The summed E-state index contributed by atoms with van der Waals surface area (Å²) in [5.41, 5.74) is 1.36. The lowest BCUT2D eigenvalue weighted by atomic mass is 9.93. The molecule has 1 aromatic heterocycles. The minimum Gasteiger partial charge on any atom is -0.351 e. The van der Waals surface area contributed by atoms with E-state index in [1.165, 1.54) is 12.8 Å². The van der Waals surface area contributed by atoms with Gasteiger partial charge in [0.05, 0.1) is 17.6 Å². The Labute approximate surface area is 198 Å². The molecule has 0 spiro atoms. The summed E-state index contributed by atoms with van der Waals surface area (Å²) in [7, 11) is 0. The molecule has 172 valence electrons. The van der Waals surface area contributed by atoms with Crippen molar-refractivity contribution in [3.8, 4) is 0 Å². The minimum absolute atomic E-state index is 0.113. The van der Waals surface area contributed by atoms with Gasteiger partial charge in [-0.25, -0.2) is 4.98 Å². The number of halogens is 1. The van der Waals surface area contributed by atoms with Crippen LogP contribution in [0.1, 0.15) is 61.6 Å². The topological polar surface area (TPSA) is 67.2 Å². The molecule has 0 saturated heterocycles. The van der Waals surface area contributed by atoms with Crippen molar-refractivity contribution in [3.05, 3.63) is 64.9 Å². The number of hydrogen-bond acceptors (Lipinski definition) is 3. The highest BCUT2D eigenvalue weighted by Gasteiger charge is 2.49. The van der Waals surface area contributed by atoms with Gasteiger partial charge < -0.3 is 14.8 Å². The summed E-state index contributed by atoms with van der Waals surface area (Å²) < 4.78 is 1.90. The molecule has 6 nitrogen and oxygen atoms in total. The minimum atomic E-state index is -1.07. The molecule has 0 unspecified atom stereocenters. The van der Waals surface area contributed by atoms with Crippen LogP contribution in [0.15, 0.2) is 48.5 Å². The maximum absolute atomic E-state index is 13.8. The van der Waals surface area contributed by atoms with E-state index in [0.29, 0.717) is 17.4 Å². The maximum atomic E-state index is 13.8. The first-order chi connectivity index (χ1) is 16.0. The average molecular weight is 465 g/mol. The van der Waals surface area contributed by atoms with Gasteiger partial charge in [-0.1, -0.05) is 67.6 Å². The number of nitrogens with one attached hydrogen (secondary N) is 1. The van der Waals surface area contributed by atoms with Gasteiger partial charge in [0, 0.05) is 17.6 Å². The van der Waals surface area contributed by atoms with E-state index in [1.54, 1.807) is 4.90 Å². The van der Waals surface area contributed by atoms with Crippen LogP contribution < -0.4 is 5.32 Å². The number of aromatic nitrogens is 2. The Hall–Kier alpha value is -2.86. The summed E-state index contributed by atoms with van der Waals surface area (Å²) in [6.07, 6.45) is 6.65. The summed E-state index contributed by atoms with van der Waals surface area (Å²) in [5, 5.41) is 3.87. The largest absolute Gasteiger partial charge is 0.351 e. The van der Waals surface area contributed by atoms with Gasteiger partial charge in [0.2, 0.25) is 5.91 Å². The Morgan fingerprint density at radius 3 is 2.55 bits per heavy atom. The molecule has 7 heteroatoms. The van der Waals surface area contributed by atoms with Crippen molar-refractivity contribution in [3.63, 3.8) is 0 Å². The zero-order valence-corrected chi connectivity index (χ0v) is 19.6. The maximum Gasteiger partial charge on any atom is 0.291 e. The molecule has 1 aliphatic carbocycles. The van der Waals surface area contributed by atoms with Crippen molar-refractivity contribution in [1.82, 2.24) is 19.8 Å². The number of carbonyl (C=O) groups excluding carboxylic acids is 2. The van der Waals surface area contributed by atoms with E-state index in [4.69, 9.17) is 11.6 Å². The fourth-order valence-electron chi connectivity index (χ4n) is 5.14. The zero-order valence-electron chi connectivity index (χ0n) is 18.9. The van der Waals surface area contributed by atoms with Gasteiger partial charge in [0.25, 0.3) is 5.91 Å². The van der Waals surface area contributed by atoms with Crippen molar-refractivity contribution in [1.29, 1.82) is 0 Å². The number of para-hydroxylation sites is 2. The second-order valence-corrected chi connectivity index (χ2v) is 9.84. The molecule has 5 rings (SSSR count). The third kappa shape index (κ3) is 4.01. The first kappa shape index (κ1) is 22.0. The predicted octanol–water partition coefficient (Wildman–Crippen LogP) is 4.94. The van der Waals surface area contributed by atoms with Gasteiger partial charge in [-0.2, -0.15) is 0 Å². The van der Waals surface area contributed by atoms with Gasteiger partial charge in [-0.05, 0) is 43.5 Å². The van der Waals surface area contributed by atoms with Crippen LogP contribution >= 0.6 is 11.6 Å². The van der Waals surface area contributed by atoms with Crippen LogP contribution in [0.25, 0.3) is 11.0 Å². The first-order valence-corrected chi connectivity index (χ1v) is 12.2. The molecule has 2 heterocycles. The Bertz CT molecular complexity index is 1200. The van der Waals surface area contributed by atoms with Gasteiger partial charge in [-0.3, -0.25) is 9.59 Å². The van der Waals surface area contributed by atoms with Crippen LogP contribution in [0.3, 0.4) is 0 Å². The summed E-state index contributed by atoms with van der Waals surface area (Å²) in [6, 6.07) is 15.3. The Balaban J connectivity index is 1.55. The van der Waals surface area contributed by atoms with Gasteiger partial charge in [0.15, 0.2) is 5.82 Å². The van der Waals surface area contributed by atoms with Crippen molar-refractivity contribution >= 4 is 34.4 Å². The monoisotopic (exact) mass is 464 g/mol. The van der Waals surface area contributed by atoms with Crippen LogP contribution in [-0.4, -0.2) is 37.8 Å². The van der Waals surface area contributed by atoms with Gasteiger partial charge >= 0.3 is 0 Å². The molecule has 1 saturated carbocycles. The molecule has 1 N–H and O–H groups in total. The highest BCUT2D eigenvalue weighted by Crippen LogP contribution is 2.33. The third-order valence-corrected chi connectivity index (χ3v) is 7.49. The lowest BCUT2D eigenvalue weighted by Crippen LogP contribution is -2.64. The molecular weight excluding hydrogens is 436 g/mol. The number of benzene rings is 2. The lowest BCUT2D eigenvalue weighted by Gasteiger charge is -2.44. The first-order valence-electron chi connectivity index (χ1n) is 11.8. The quantitative estimate of drug-likeness (QED) is 0.556. The van der Waals surface area contributed by atoms with Crippen LogP contribution in [0.2, 0.25) is 5.02 Å². The molecule has 3 aromatic rings. The summed E-state index contributed by atoms with van der Waals surface area (Å²) in [6.45, 7) is 2.46. The Morgan fingerprint density at radius 2 is 1.79 bits per heavy atom. The zero-order chi connectivity index (χ0) is 23.0. The van der Waals surface area contributed by atoms with Crippen LogP contribution in [-0.2, 0) is 17.9 Å². The van der Waals surface area contributed by atoms with Crippen molar-refractivity contribution in [2.75, 3.05) is 0 Å². The van der Waals surface area contributed by atoms with E-state index in [9.17, 15) is 9.59 Å². The van der Waals surface area contributed by atoms with Gasteiger partial charge in [-0.15, -0.1) is 0 Å². The van der Waals surface area contributed by atoms with Crippen LogP contribution in [0, 0.1) is 0 Å². The second kappa shape index (κ2) is 8.82. The highest BCUT2D eigenvalue weighted by atomic mass is 35.5. The molecule has 0 radical (unpaired) electrons. The standard InChI is InChI=1S/C26H29ClN4O2/c1-26(25(33)28-19-11-4-2-3-5-12-19)17-30-22-15-9-8-14-21(22)29-23(30)24(32)31(26)16-18-10-6-7-13-20(18)27/h6-10,13-15,19H,2-5,11-12,16-17H2,1H3,(H,28,33)/t26-/m0/s1. The SMILES string of the molecule is C[C@@]1(C(=O)NC2CCCCCC2)Cn2c(nc3ccccc32)C(=O)N1Cc1ccccc1Cl. The van der Waals surface area contributed by atoms with E-state index >= 15 is 0 Å². The number of fused-ring (bicyclic) bond motifs is 3. The van der Waals surface area contributed by atoms with E-state index in [2.05, 4.69) is 10.3 Å². The molecule has 2 amide bonds. The predicted molar refractivity (Wildman–Crippen MR) is 129 cm³/mol. The molecule has 1 aliphatic heterocycles. The summed E-state index contributed by atoms with van der Waals surface area (Å²) in [4.78, 5) is 33.9. The Morgan fingerprint density at radius 1 is 1.09 bits per heavy atom. The van der Waals surface area contributed by atoms with Crippen LogP contribution in [0.4, 0.5) is 0 Å². The highest BCUT2D eigenvalue weighted by molar-refractivity contribution is 6.31. The number of hydrogen-bond donors (Lipinski definition) is 1. The number of carbonyl (C=O) groups is 2.